The van der Waals surface area contributed by atoms with Crippen LogP contribution in [0.1, 0.15) is 16.1 Å². The Bertz CT molecular complexity index is 586. The molecule has 2 aromatic heterocycles. The molecule has 0 spiro atoms. The van der Waals surface area contributed by atoms with Gasteiger partial charge in [0.1, 0.15) is 11.5 Å². The van der Waals surface area contributed by atoms with Crippen LogP contribution >= 0.6 is 27.5 Å². The molecule has 0 saturated carbocycles. The SMILES string of the molecule is Cc1cc(NC(=O)c2ccc(Cl)cn2)ncc1Br. The van der Waals surface area contributed by atoms with E-state index in [9.17, 15) is 4.79 Å². The van der Waals surface area contributed by atoms with Crippen LogP contribution in [0.5, 0.6) is 0 Å². The molecule has 0 aliphatic rings. The first-order chi connectivity index (χ1) is 8.56. The zero-order valence-electron chi connectivity index (χ0n) is 9.45. The van der Waals surface area contributed by atoms with Crippen LogP contribution in [0.4, 0.5) is 5.82 Å². The Morgan fingerprint density at radius 2 is 2.11 bits per heavy atom. The average molecular weight is 327 g/mol. The number of rotatable bonds is 2. The largest absolute Gasteiger partial charge is 0.305 e. The van der Waals surface area contributed by atoms with Crippen LogP contribution < -0.4 is 5.32 Å². The topological polar surface area (TPSA) is 54.9 Å². The van der Waals surface area contributed by atoms with Gasteiger partial charge in [0, 0.05) is 16.9 Å². The molecule has 0 radical (unpaired) electrons. The van der Waals surface area contributed by atoms with Crippen LogP contribution in [-0.2, 0) is 0 Å². The van der Waals surface area contributed by atoms with E-state index in [-0.39, 0.29) is 5.91 Å². The first-order valence-corrected chi connectivity index (χ1v) is 6.28. The van der Waals surface area contributed by atoms with Gasteiger partial charge in [0.2, 0.25) is 0 Å². The number of amides is 1. The molecule has 2 heterocycles. The van der Waals surface area contributed by atoms with E-state index < -0.39 is 0 Å². The number of halogens is 2. The Labute approximate surface area is 118 Å². The molecule has 18 heavy (non-hydrogen) atoms. The smallest absolute Gasteiger partial charge is 0.275 e. The molecule has 0 saturated heterocycles. The van der Waals surface area contributed by atoms with Crippen LogP contribution in [-0.4, -0.2) is 15.9 Å². The van der Waals surface area contributed by atoms with Crippen LogP contribution in [0, 0.1) is 6.92 Å². The number of aryl methyl sites for hydroxylation is 1. The molecule has 1 amide bonds. The van der Waals surface area contributed by atoms with Gasteiger partial charge in [0.05, 0.1) is 5.02 Å². The van der Waals surface area contributed by atoms with Gasteiger partial charge in [-0.3, -0.25) is 4.79 Å². The highest BCUT2D eigenvalue weighted by Gasteiger charge is 2.08. The van der Waals surface area contributed by atoms with Gasteiger partial charge in [-0.2, -0.15) is 0 Å². The standard InChI is InChI=1S/C12H9BrClN3O/c1-7-4-11(16-6-9(7)13)17-12(18)10-3-2-8(14)5-15-10/h2-6H,1H3,(H,16,17,18). The summed E-state index contributed by atoms with van der Waals surface area (Å²) in [6.45, 7) is 1.92. The summed E-state index contributed by atoms with van der Waals surface area (Å²) in [6, 6.07) is 4.95. The molecular formula is C12H9BrClN3O. The first kappa shape index (κ1) is 13.0. The number of aromatic nitrogens is 2. The summed E-state index contributed by atoms with van der Waals surface area (Å²) in [5.74, 6) is 0.165. The number of anilines is 1. The molecule has 4 nitrogen and oxygen atoms in total. The molecule has 1 N–H and O–H groups in total. The molecule has 0 bridgehead atoms. The third-order valence-electron chi connectivity index (χ3n) is 2.25. The van der Waals surface area contributed by atoms with Crippen LogP contribution in [0.15, 0.2) is 35.1 Å². The van der Waals surface area contributed by atoms with Gasteiger partial charge in [-0.15, -0.1) is 0 Å². The van der Waals surface area contributed by atoms with Crippen molar-refractivity contribution in [3.05, 3.63) is 51.3 Å². The number of nitrogens with one attached hydrogen (secondary N) is 1. The number of nitrogens with zero attached hydrogens (tertiary/aromatic N) is 2. The normalized spacial score (nSPS) is 10.2. The van der Waals surface area contributed by atoms with Crippen molar-refractivity contribution in [2.24, 2.45) is 0 Å². The number of carbonyl (C=O) groups excluding carboxylic acids is 1. The minimum absolute atomic E-state index is 0.293. The van der Waals surface area contributed by atoms with E-state index in [1.165, 1.54) is 6.20 Å². The molecule has 2 rings (SSSR count). The van der Waals surface area contributed by atoms with E-state index in [0.29, 0.717) is 16.5 Å². The Morgan fingerprint density at radius 3 is 2.72 bits per heavy atom. The van der Waals surface area contributed by atoms with E-state index >= 15 is 0 Å². The van der Waals surface area contributed by atoms with Crippen LogP contribution in [0.2, 0.25) is 5.02 Å². The van der Waals surface area contributed by atoms with Crippen molar-refractivity contribution < 1.29 is 4.79 Å². The Morgan fingerprint density at radius 1 is 1.33 bits per heavy atom. The summed E-state index contributed by atoms with van der Waals surface area (Å²) < 4.78 is 0.894. The maximum Gasteiger partial charge on any atom is 0.275 e. The van der Waals surface area contributed by atoms with Crippen LogP contribution in [0.3, 0.4) is 0 Å². The highest BCUT2D eigenvalue weighted by Crippen LogP contribution is 2.17. The lowest BCUT2D eigenvalue weighted by Crippen LogP contribution is -2.14. The van der Waals surface area contributed by atoms with Gasteiger partial charge >= 0.3 is 0 Å². The lowest BCUT2D eigenvalue weighted by molar-refractivity contribution is 0.102. The Hall–Kier alpha value is -1.46. The minimum atomic E-state index is -0.319. The predicted octanol–water partition coefficient (Wildman–Crippen LogP) is 3.45. The van der Waals surface area contributed by atoms with Crippen molar-refractivity contribution in [3.8, 4) is 0 Å². The Balaban J connectivity index is 2.16. The fraction of sp³-hybridized carbons (Fsp3) is 0.0833. The van der Waals surface area contributed by atoms with E-state index in [1.807, 2.05) is 6.92 Å². The summed E-state index contributed by atoms with van der Waals surface area (Å²) in [7, 11) is 0. The Kier molecular flexibility index (Phi) is 3.93. The second kappa shape index (κ2) is 5.46. The lowest BCUT2D eigenvalue weighted by atomic mass is 10.3. The van der Waals surface area contributed by atoms with Crippen molar-refractivity contribution >= 4 is 39.3 Å². The predicted molar refractivity (Wildman–Crippen MR) is 73.9 cm³/mol. The second-order valence-electron chi connectivity index (χ2n) is 3.63. The van der Waals surface area contributed by atoms with Crippen molar-refractivity contribution in [2.75, 3.05) is 5.32 Å². The summed E-state index contributed by atoms with van der Waals surface area (Å²) in [5, 5.41) is 3.16. The summed E-state index contributed by atoms with van der Waals surface area (Å²) in [5.41, 5.74) is 1.28. The monoisotopic (exact) mass is 325 g/mol. The van der Waals surface area contributed by atoms with E-state index in [4.69, 9.17) is 11.6 Å². The van der Waals surface area contributed by atoms with Crippen molar-refractivity contribution in [1.82, 2.24) is 9.97 Å². The molecule has 6 heteroatoms. The fourth-order valence-electron chi connectivity index (χ4n) is 1.30. The molecular weight excluding hydrogens is 318 g/mol. The highest BCUT2D eigenvalue weighted by molar-refractivity contribution is 9.10. The van der Waals surface area contributed by atoms with Gasteiger partial charge in [0.15, 0.2) is 0 Å². The molecule has 0 aliphatic heterocycles. The lowest BCUT2D eigenvalue weighted by Gasteiger charge is -2.05. The number of hydrogen-bond donors (Lipinski definition) is 1. The van der Waals surface area contributed by atoms with Gasteiger partial charge in [-0.05, 0) is 46.6 Å². The zero-order chi connectivity index (χ0) is 13.1. The van der Waals surface area contributed by atoms with Crippen molar-refractivity contribution in [2.45, 2.75) is 6.92 Å². The van der Waals surface area contributed by atoms with E-state index in [1.54, 1.807) is 24.4 Å². The molecule has 0 unspecified atom stereocenters. The molecule has 92 valence electrons. The summed E-state index contributed by atoms with van der Waals surface area (Å²) in [4.78, 5) is 19.9. The number of carbonyl (C=O) groups is 1. The van der Waals surface area contributed by atoms with E-state index in [2.05, 4.69) is 31.2 Å². The third-order valence-corrected chi connectivity index (χ3v) is 3.30. The molecule has 0 fully saturated rings. The average Bonchev–Trinajstić information content (AvgIpc) is 2.34. The van der Waals surface area contributed by atoms with Crippen LogP contribution in [0.25, 0.3) is 0 Å². The van der Waals surface area contributed by atoms with Crippen molar-refractivity contribution in [3.63, 3.8) is 0 Å². The first-order valence-electron chi connectivity index (χ1n) is 5.11. The minimum Gasteiger partial charge on any atom is -0.305 e. The zero-order valence-corrected chi connectivity index (χ0v) is 11.8. The summed E-state index contributed by atoms with van der Waals surface area (Å²) >= 11 is 9.05. The second-order valence-corrected chi connectivity index (χ2v) is 4.93. The maximum atomic E-state index is 11.9. The molecule has 0 aliphatic carbocycles. The van der Waals surface area contributed by atoms with E-state index in [0.717, 1.165) is 10.0 Å². The maximum absolute atomic E-state index is 11.9. The van der Waals surface area contributed by atoms with Crippen molar-refractivity contribution in [1.29, 1.82) is 0 Å². The van der Waals surface area contributed by atoms with Gasteiger partial charge in [-0.25, -0.2) is 9.97 Å². The quantitative estimate of drug-likeness (QED) is 0.919. The molecule has 2 aromatic rings. The highest BCUT2D eigenvalue weighted by atomic mass is 79.9. The third kappa shape index (κ3) is 3.05. The summed E-state index contributed by atoms with van der Waals surface area (Å²) in [6.07, 6.45) is 3.07. The number of pyridine rings is 2. The van der Waals surface area contributed by atoms with Gasteiger partial charge in [-0.1, -0.05) is 11.6 Å². The van der Waals surface area contributed by atoms with Gasteiger partial charge < -0.3 is 5.32 Å². The number of hydrogen-bond acceptors (Lipinski definition) is 3. The molecule has 0 atom stereocenters. The van der Waals surface area contributed by atoms with Gasteiger partial charge in [0.25, 0.3) is 5.91 Å². The molecule has 0 aromatic carbocycles. The fourth-order valence-corrected chi connectivity index (χ4v) is 1.63.